The molecule has 6 heteroatoms. The monoisotopic (exact) mass is 254 g/mol. The third-order valence-electron chi connectivity index (χ3n) is 2.52. The van der Waals surface area contributed by atoms with Crippen molar-refractivity contribution in [3.05, 3.63) is 29.6 Å². The highest BCUT2D eigenvalue weighted by Gasteiger charge is 2.17. The molecule has 0 heterocycles. The summed E-state index contributed by atoms with van der Waals surface area (Å²) >= 11 is 0. The van der Waals surface area contributed by atoms with Gasteiger partial charge in [-0.1, -0.05) is 6.07 Å². The van der Waals surface area contributed by atoms with E-state index in [1.54, 1.807) is 14.0 Å². The topological polar surface area (TPSA) is 69.6 Å². The van der Waals surface area contributed by atoms with Crippen LogP contribution in [0, 0.1) is 5.82 Å². The Morgan fingerprint density at radius 2 is 2.11 bits per heavy atom. The highest BCUT2D eigenvalue weighted by Crippen LogP contribution is 2.19. The largest absolute Gasteiger partial charge is 0.507 e. The minimum Gasteiger partial charge on any atom is -0.507 e. The van der Waals surface area contributed by atoms with Crippen molar-refractivity contribution in [1.29, 1.82) is 0 Å². The number of nitrogens with one attached hydrogen (secondary N) is 1. The lowest BCUT2D eigenvalue weighted by atomic mass is 10.1. The van der Waals surface area contributed by atoms with Crippen molar-refractivity contribution in [3.63, 3.8) is 0 Å². The smallest absolute Gasteiger partial charge is 0.258 e. The molecule has 1 aromatic rings. The van der Waals surface area contributed by atoms with Gasteiger partial charge in [0.05, 0.1) is 6.54 Å². The Kier molecular flexibility index (Phi) is 4.65. The number of carbonyl (C=O) groups is 2. The van der Waals surface area contributed by atoms with Crippen LogP contribution in [0.15, 0.2) is 18.2 Å². The van der Waals surface area contributed by atoms with E-state index in [0.29, 0.717) is 6.54 Å². The van der Waals surface area contributed by atoms with Gasteiger partial charge in [0.1, 0.15) is 17.1 Å². The molecule has 0 unspecified atom stereocenters. The van der Waals surface area contributed by atoms with Crippen LogP contribution in [0.25, 0.3) is 0 Å². The van der Waals surface area contributed by atoms with Gasteiger partial charge in [0.2, 0.25) is 5.91 Å². The van der Waals surface area contributed by atoms with Crippen LogP contribution in [0.4, 0.5) is 4.39 Å². The molecule has 1 rings (SSSR count). The van der Waals surface area contributed by atoms with E-state index in [2.05, 4.69) is 5.32 Å². The molecule has 2 N–H and O–H groups in total. The highest BCUT2D eigenvalue weighted by molar-refractivity contribution is 5.98. The van der Waals surface area contributed by atoms with Crippen molar-refractivity contribution >= 4 is 11.8 Å². The van der Waals surface area contributed by atoms with Crippen molar-refractivity contribution in [2.45, 2.75) is 6.92 Å². The fourth-order valence-electron chi connectivity index (χ4n) is 1.29. The van der Waals surface area contributed by atoms with Crippen molar-refractivity contribution in [2.24, 2.45) is 0 Å². The van der Waals surface area contributed by atoms with E-state index in [9.17, 15) is 19.1 Å². The summed E-state index contributed by atoms with van der Waals surface area (Å²) < 4.78 is 13.3. The minimum absolute atomic E-state index is 0.239. The summed E-state index contributed by atoms with van der Waals surface area (Å²) in [6.45, 7) is 2.07. The Labute approximate surface area is 104 Å². The zero-order valence-electron chi connectivity index (χ0n) is 10.2. The van der Waals surface area contributed by atoms with Crippen molar-refractivity contribution in [1.82, 2.24) is 10.2 Å². The second kappa shape index (κ2) is 6.00. The molecule has 0 spiro atoms. The van der Waals surface area contributed by atoms with E-state index in [-0.39, 0.29) is 12.5 Å². The summed E-state index contributed by atoms with van der Waals surface area (Å²) in [4.78, 5) is 24.5. The van der Waals surface area contributed by atoms with Gasteiger partial charge in [-0.2, -0.15) is 0 Å². The van der Waals surface area contributed by atoms with Crippen LogP contribution < -0.4 is 5.32 Å². The number of rotatable bonds is 4. The molecular weight excluding hydrogens is 239 g/mol. The first-order valence-electron chi connectivity index (χ1n) is 5.47. The van der Waals surface area contributed by atoms with Crippen molar-refractivity contribution < 1.29 is 19.1 Å². The van der Waals surface area contributed by atoms with Gasteiger partial charge in [0, 0.05) is 13.6 Å². The number of nitrogens with zero attached hydrogens (tertiary/aromatic N) is 1. The lowest BCUT2D eigenvalue weighted by molar-refractivity contribution is -0.128. The summed E-state index contributed by atoms with van der Waals surface area (Å²) in [5, 5.41) is 11.7. The Balaban J connectivity index is 2.70. The first-order chi connectivity index (χ1) is 8.47. The molecule has 0 atom stereocenters. The summed E-state index contributed by atoms with van der Waals surface area (Å²) in [5.41, 5.74) is -0.454. The number of halogens is 1. The normalized spacial score (nSPS) is 9.94. The first kappa shape index (κ1) is 14.0. The van der Waals surface area contributed by atoms with E-state index >= 15 is 0 Å². The van der Waals surface area contributed by atoms with Crippen LogP contribution in [0.5, 0.6) is 5.75 Å². The van der Waals surface area contributed by atoms with Gasteiger partial charge < -0.3 is 15.3 Å². The molecule has 1 aromatic carbocycles. The molecule has 0 radical (unpaired) electrons. The maximum atomic E-state index is 13.3. The number of phenolic OH excluding ortho intramolecular Hbond substituents is 1. The van der Waals surface area contributed by atoms with Crippen LogP contribution in [0.1, 0.15) is 17.3 Å². The molecule has 18 heavy (non-hydrogen) atoms. The van der Waals surface area contributed by atoms with E-state index in [4.69, 9.17) is 0 Å². The van der Waals surface area contributed by atoms with Crippen LogP contribution in [-0.2, 0) is 4.79 Å². The number of phenols is 1. The van der Waals surface area contributed by atoms with Gasteiger partial charge in [-0.05, 0) is 19.1 Å². The lowest BCUT2D eigenvalue weighted by Crippen LogP contribution is -2.38. The standard InChI is InChI=1S/C12H15FN2O3/c1-3-15(2)10(17)7-14-12(18)11-8(13)5-4-6-9(11)16/h4-6,16H,3,7H2,1-2H3,(H,14,18). The highest BCUT2D eigenvalue weighted by atomic mass is 19.1. The van der Waals surface area contributed by atoms with Crippen LogP contribution in [-0.4, -0.2) is 42.0 Å². The number of carbonyl (C=O) groups excluding carboxylic acids is 2. The van der Waals surface area contributed by atoms with E-state index in [1.807, 2.05) is 0 Å². The van der Waals surface area contributed by atoms with Gasteiger partial charge in [-0.15, -0.1) is 0 Å². The van der Waals surface area contributed by atoms with E-state index in [0.717, 1.165) is 6.07 Å². The molecule has 98 valence electrons. The second-order valence-electron chi connectivity index (χ2n) is 3.72. The Morgan fingerprint density at radius 1 is 1.44 bits per heavy atom. The third kappa shape index (κ3) is 3.19. The molecule has 0 aliphatic rings. The van der Waals surface area contributed by atoms with Crippen molar-refractivity contribution in [2.75, 3.05) is 20.1 Å². The van der Waals surface area contributed by atoms with Crippen molar-refractivity contribution in [3.8, 4) is 5.75 Å². The maximum Gasteiger partial charge on any atom is 0.258 e. The zero-order valence-corrected chi connectivity index (χ0v) is 10.2. The Morgan fingerprint density at radius 3 is 2.67 bits per heavy atom. The van der Waals surface area contributed by atoms with Gasteiger partial charge >= 0.3 is 0 Å². The summed E-state index contributed by atoms with van der Waals surface area (Å²) in [7, 11) is 1.59. The number of aromatic hydroxyl groups is 1. The van der Waals surface area contributed by atoms with Gasteiger partial charge in [-0.3, -0.25) is 9.59 Å². The quantitative estimate of drug-likeness (QED) is 0.832. The van der Waals surface area contributed by atoms with Gasteiger partial charge in [0.15, 0.2) is 0 Å². The number of hydrogen-bond donors (Lipinski definition) is 2. The van der Waals surface area contributed by atoms with Crippen LogP contribution in [0.2, 0.25) is 0 Å². The molecule has 0 saturated heterocycles. The number of amides is 2. The molecule has 0 saturated carbocycles. The second-order valence-corrected chi connectivity index (χ2v) is 3.72. The molecule has 0 bridgehead atoms. The number of benzene rings is 1. The molecule has 0 fully saturated rings. The summed E-state index contributed by atoms with van der Waals surface area (Å²) in [5.74, 6) is -2.39. The molecule has 0 aliphatic heterocycles. The predicted molar refractivity (Wildman–Crippen MR) is 63.7 cm³/mol. The first-order valence-corrected chi connectivity index (χ1v) is 5.47. The summed E-state index contributed by atoms with van der Waals surface area (Å²) in [6.07, 6.45) is 0. The average Bonchev–Trinajstić information content (AvgIpc) is 2.34. The molecule has 0 aromatic heterocycles. The van der Waals surface area contributed by atoms with Crippen LogP contribution in [0.3, 0.4) is 0 Å². The van der Waals surface area contributed by atoms with Crippen LogP contribution >= 0.6 is 0 Å². The number of hydrogen-bond acceptors (Lipinski definition) is 3. The number of likely N-dealkylation sites (N-methyl/N-ethyl adjacent to an activating group) is 1. The van der Waals surface area contributed by atoms with Gasteiger partial charge in [0.25, 0.3) is 5.91 Å². The van der Waals surface area contributed by atoms with Gasteiger partial charge in [-0.25, -0.2) is 4.39 Å². The van der Waals surface area contributed by atoms with E-state index < -0.39 is 23.0 Å². The molecule has 2 amide bonds. The summed E-state index contributed by atoms with van der Waals surface area (Å²) in [6, 6.07) is 3.56. The SMILES string of the molecule is CCN(C)C(=O)CNC(=O)c1c(O)cccc1F. The Hall–Kier alpha value is -2.11. The molecule has 0 aliphatic carbocycles. The maximum absolute atomic E-state index is 13.3. The third-order valence-corrected chi connectivity index (χ3v) is 2.52. The zero-order chi connectivity index (χ0) is 13.7. The average molecular weight is 254 g/mol. The predicted octanol–water partition coefficient (Wildman–Crippen LogP) is 0.739. The molecular formula is C12H15FN2O3. The molecule has 5 nitrogen and oxygen atoms in total. The fourth-order valence-corrected chi connectivity index (χ4v) is 1.29. The minimum atomic E-state index is -0.830. The lowest BCUT2D eigenvalue weighted by Gasteiger charge is -2.15. The van der Waals surface area contributed by atoms with E-state index in [1.165, 1.54) is 17.0 Å². The Bertz CT molecular complexity index is 442. The fraction of sp³-hybridized carbons (Fsp3) is 0.333.